The van der Waals surface area contributed by atoms with E-state index >= 15 is 0 Å². The summed E-state index contributed by atoms with van der Waals surface area (Å²) in [6.07, 6.45) is 0.951. The lowest BCUT2D eigenvalue weighted by molar-refractivity contribution is -0.142. The molecule has 0 aliphatic heterocycles. The zero-order chi connectivity index (χ0) is 22.1. The molecule has 0 aliphatic rings. The van der Waals surface area contributed by atoms with Crippen LogP contribution in [0.5, 0.6) is 5.75 Å². The number of benzene rings is 2. The predicted octanol–water partition coefficient (Wildman–Crippen LogP) is 4.13. The molecule has 0 unspecified atom stereocenters. The van der Waals surface area contributed by atoms with Gasteiger partial charge in [0.15, 0.2) is 6.61 Å². The van der Waals surface area contributed by atoms with Crippen LogP contribution in [0.15, 0.2) is 48.5 Å². The Hall–Kier alpha value is -2.82. The van der Waals surface area contributed by atoms with Crippen molar-refractivity contribution < 1.29 is 14.3 Å². The van der Waals surface area contributed by atoms with Gasteiger partial charge in [-0.05, 0) is 55.0 Å². The summed E-state index contributed by atoms with van der Waals surface area (Å²) in [7, 11) is 0. The first-order chi connectivity index (χ1) is 14.3. The lowest BCUT2D eigenvalue weighted by Gasteiger charge is -2.29. The fraction of sp³-hybridized carbons (Fsp3) is 0.440. The van der Waals surface area contributed by atoms with Crippen LogP contribution in [0.4, 0.5) is 0 Å². The molecule has 0 aromatic heterocycles. The molecular formula is C25H34N2O3. The number of nitrogens with one attached hydrogen (secondary N) is 1. The van der Waals surface area contributed by atoms with Crippen LogP contribution in [0.2, 0.25) is 0 Å². The summed E-state index contributed by atoms with van der Waals surface area (Å²) in [5, 5.41) is 2.93. The summed E-state index contributed by atoms with van der Waals surface area (Å²) in [6, 6.07) is 15.0. The number of hydrogen-bond acceptors (Lipinski definition) is 3. The van der Waals surface area contributed by atoms with Crippen molar-refractivity contribution in [2.24, 2.45) is 5.92 Å². The Balaban J connectivity index is 2.12. The summed E-state index contributed by atoms with van der Waals surface area (Å²) in [5.41, 5.74) is 3.31. The molecule has 2 rings (SSSR count). The number of aryl methyl sites for hydroxylation is 2. The van der Waals surface area contributed by atoms with Gasteiger partial charge in [0, 0.05) is 13.1 Å². The molecule has 0 saturated heterocycles. The van der Waals surface area contributed by atoms with Crippen LogP contribution >= 0.6 is 0 Å². The molecule has 0 fully saturated rings. The van der Waals surface area contributed by atoms with Crippen LogP contribution in [0.25, 0.3) is 0 Å². The first-order valence-corrected chi connectivity index (χ1v) is 10.6. The maximum atomic E-state index is 13.1. The van der Waals surface area contributed by atoms with Crippen molar-refractivity contribution in [2.75, 3.05) is 13.2 Å². The summed E-state index contributed by atoms with van der Waals surface area (Å²) in [4.78, 5) is 27.3. The number of amides is 2. The van der Waals surface area contributed by atoms with Crippen molar-refractivity contribution in [3.05, 3.63) is 65.2 Å². The minimum Gasteiger partial charge on any atom is -0.484 e. The quantitative estimate of drug-likeness (QED) is 0.641. The van der Waals surface area contributed by atoms with Gasteiger partial charge in [0.2, 0.25) is 5.91 Å². The maximum Gasteiger partial charge on any atom is 0.261 e. The SMILES string of the molecule is CCc1ccc(OCC(=O)N(Cc2ccccc2C)[C@H](C)C(=O)NCC(C)C)cc1. The van der Waals surface area contributed by atoms with Gasteiger partial charge >= 0.3 is 0 Å². The van der Waals surface area contributed by atoms with Gasteiger partial charge in [0.25, 0.3) is 5.91 Å². The van der Waals surface area contributed by atoms with Gasteiger partial charge in [-0.3, -0.25) is 9.59 Å². The lowest BCUT2D eigenvalue weighted by atomic mass is 10.1. The third kappa shape index (κ3) is 6.90. The molecule has 0 saturated carbocycles. The summed E-state index contributed by atoms with van der Waals surface area (Å²) < 4.78 is 5.72. The zero-order valence-electron chi connectivity index (χ0n) is 18.8. The number of hydrogen-bond donors (Lipinski definition) is 1. The highest BCUT2D eigenvalue weighted by Gasteiger charge is 2.26. The number of carbonyl (C=O) groups excluding carboxylic acids is 2. The molecule has 0 spiro atoms. The van der Waals surface area contributed by atoms with E-state index < -0.39 is 6.04 Å². The van der Waals surface area contributed by atoms with E-state index in [0.717, 1.165) is 17.5 Å². The second-order valence-electron chi connectivity index (χ2n) is 8.05. The number of rotatable bonds is 10. The molecule has 5 heteroatoms. The fourth-order valence-electron chi connectivity index (χ4n) is 3.06. The highest BCUT2D eigenvalue weighted by molar-refractivity contribution is 5.88. The van der Waals surface area contributed by atoms with E-state index in [9.17, 15) is 9.59 Å². The molecule has 5 nitrogen and oxygen atoms in total. The molecular weight excluding hydrogens is 376 g/mol. The summed E-state index contributed by atoms with van der Waals surface area (Å²) >= 11 is 0. The number of ether oxygens (including phenoxy) is 1. The largest absolute Gasteiger partial charge is 0.484 e. The fourth-order valence-corrected chi connectivity index (χ4v) is 3.06. The molecule has 0 aliphatic carbocycles. The molecule has 0 bridgehead atoms. The predicted molar refractivity (Wildman–Crippen MR) is 120 cm³/mol. The molecule has 30 heavy (non-hydrogen) atoms. The normalized spacial score (nSPS) is 11.8. The van der Waals surface area contributed by atoms with Gasteiger partial charge in [-0.2, -0.15) is 0 Å². The Kier molecular flexibility index (Phi) is 8.90. The second kappa shape index (κ2) is 11.4. The molecule has 162 valence electrons. The van der Waals surface area contributed by atoms with Crippen molar-refractivity contribution in [1.82, 2.24) is 10.2 Å². The first kappa shape index (κ1) is 23.5. The van der Waals surface area contributed by atoms with Gasteiger partial charge in [0.05, 0.1) is 0 Å². The monoisotopic (exact) mass is 410 g/mol. The van der Waals surface area contributed by atoms with E-state index in [2.05, 4.69) is 12.2 Å². The summed E-state index contributed by atoms with van der Waals surface area (Å²) in [5.74, 6) is 0.618. The zero-order valence-corrected chi connectivity index (χ0v) is 18.8. The Labute approximate surface area is 180 Å². The van der Waals surface area contributed by atoms with Crippen LogP contribution < -0.4 is 10.1 Å². The molecule has 0 radical (unpaired) electrons. The minimum absolute atomic E-state index is 0.112. The topological polar surface area (TPSA) is 58.6 Å². The van der Waals surface area contributed by atoms with E-state index in [1.807, 2.05) is 69.3 Å². The Morgan fingerprint density at radius 3 is 2.30 bits per heavy atom. The van der Waals surface area contributed by atoms with Gasteiger partial charge in [-0.1, -0.05) is 57.2 Å². The third-order valence-electron chi connectivity index (χ3n) is 5.15. The van der Waals surface area contributed by atoms with E-state index in [1.165, 1.54) is 5.56 Å². The first-order valence-electron chi connectivity index (χ1n) is 10.6. The maximum absolute atomic E-state index is 13.1. The van der Waals surface area contributed by atoms with Crippen molar-refractivity contribution in [3.8, 4) is 5.75 Å². The number of carbonyl (C=O) groups is 2. The Morgan fingerprint density at radius 2 is 1.70 bits per heavy atom. The van der Waals surface area contributed by atoms with Crippen LogP contribution in [0, 0.1) is 12.8 Å². The van der Waals surface area contributed by atoms with Crippen molar-refractivity contribution in [3.63, 3.8) is 0 Å². The van der Waals surface area contributed by atoms with Gasteiger partial charge < -0.3 is 15.0 Å². The average Bonchev–Trinajstić information content (AvgIpc) is 2.75. The molecule has 2 amide bonds. The molecule has 2 aromatic carbocycles. The Morgan fingerprint density at radius 1 is 1.03 bits per heavy atom. The van der Waals surface area contributed by atoms with Crippen LogP contribution in [-0.4, -0.2) is 35.9 Å². The highest BCUT2D eigenvalue weighted by Crippen LogP contribution is 2.16. The van der Waals surface area contributed by atoms with E-state index in [-0.39, 0.29) is 18.4 Å². The van der Waals surface area contributed by atoms with Gasteiger partial charge in [-0.25, -0.2) is 0 Å². The minimum atomic E-state index is -0.595. The van der Waals surface area contributed by atoms with E-state index in [4.69, 9.17) is 4.74 Å². The second-order valence-corrected chi connectivity index (χ2v) is 8.05. The van der Waals surface area contributed by atoms with Crippen LogP contribution in [-0.2, 0) is 22.6 Å². The van der Waals surface area contributed by atoms with Crippen LogP contribution in [0.1, 0.15) is 44.4 Å². The van der Waals surface area contributed by atoms with Gasteiger partial charge in [-0.15, -0.1) is 0 Å². The smallest absolute Gasteiger partial charge is 0.261 e. The number of nitrogens with zero attached hydrogens (tertiary/aromatic N) is 1. The van der Waals surface area contributed by atoms with Crippen molar-refractivity contribution >= 4 is 11.8 Å². The van der Waals surface area contributed by atoms with E-state index in [0.29, 0.717) is 24.8 Å². The highest BCUT2D eigenvalue weighted by atomic mass is 16.5. The van der Waals surface area contributed by atoms with E-state index in [1.54, 1.807) is 11.8 Å². The average molecular weight is 411 g/mol. The van der Waals surface area contributed by atoms with Crippen molar-refractivity contribution in [2.45, 2.75) is 53.6 Å². The van der Waals surface area contributed by atoms with Crippen molar-refractivity contribution in [1.29, 1.82) is 0 Å². The van der Waals surface area contributed by atoms with Crippen LogP contribution in [0.3, 0.4) is 0 Å². The lowest BCUT2D eigenvalue weighted by Crippen LogP contribution is -2.49. The molecule has 2 aromatic rings. The summed E-state index contributed by atoms with van der Waals surface area (Å²) in [6.45, 7) is 10.8. The van der Waals surface area contributed by atoms with Gasteiger partial charge in [0.1, 0.15) is 11.8 Å². The molecule has 1 N–H and O–H groups in total. The molecule has 1 atom stereocenters. The third-order valence-corrected chi connectivity index (χ3v) is 5.15. The molecule has 0 heterocycles. The standard InChI is InChI=1S/C25H34N2O3/c1-6-21-11-13-23(14-12-21)30-17-24(28)27(16-22-10-8-7-9-19(22)4)20(5)25(29)26-15-18(2)3/h7-14,18,20H,6,15-17H2,1-5H3,(H,26,29)/t20-/m1/s1. The Bertz CT molecular complexity index is 831.